The van der Waals surface area contributed by atoms with E-state index in [1.165, 1.54) is 6.33 Å². The Kier molecular flexibility index (Phi) is 5.57. The zero-order chi connectivity index (χ0) is 16.9. The second-order valence-electron chi connectivity index (χ2n) is 5.32. The fourth-order valence-corrected chi connectivity index (χ4v) is 3.38. The first-order chi connectivity index (χ1) is 11.7. The molecular weight excluding hydrogens is 346 g/mol. The number of anilines is 1. The van der Waals surface area contributed by atoms with Gasteiger partial charge in [0.15, 0.2) is 5.82 Å². The quantitative estimate of drug-likeness (QED) is 0.481. The number of nitrogen functional groups attached to an aromatic ring is 1. The maximum absolute atomic E-state index is 9.58. The van der Waals surface area contributed by atoms with Crippen molar-refractivity contribution in [2.24, 2.45) is 0 Å². The number of benzene rings is 1. The normalized spacial score (nSPS) is 12.6. The first-order valence-electron chi connectivity index (χ1n) is 7.46. The van der Waals surface area contributed by atoms with Crippen LogP contribution in [0.5, 0.6) is 0 Å². The molecule has 1 aromatic carbocycles. The molecule has 0 saturated heterocycles. The molecule has 1 atom stereocenters. The van der Waals surface area contributed by atoms with Gasteiger partial charge in [-0.05, 0) is 24.3 Å². The van der Waals surface area contributed by atoms with E-state index in [9.17, 15) is 5.11 Å². The Morgan fingerprint density at radius 1 is 1.29 bits per heavy atom. The van der Waals surface area contributed by atoms with E-state index in [-0.39, 0.29) is 12.6 Å². The van der Waals surface area contributed by atoms with Crippen LogP contribution in [0, 0.1) is 0 Å². The molecule has 126 valence electrons. The first kappa shape index (κ1) is 17.0. The predicted octanol–water partition coefficient (Wildman–Crippen LogP) is 2.44. The average Bonchev–Trinajstić information content (AvgIpc) is 3.01. The molecule has 5 N–H and O–H groups in total. The monoisotopic (exact) mass is 363 g/mol. The number of nitrogens with one attached hydrogen (secondary N) is 2. The maximum atomic E-state index is 9.58. The van der Waals surface area contributed by atoms with Crippen LogP contribution in [0.3, 0.4) is 0 Å². The molecule has 8 heteroatoms. The third kappa shape index (κ3) is 3.99. The summed E-state index contributed by atoms with van der Waals surface area (Å²) < 4.78 is 0. The zero-order valence-electron chi connectivity index (χ0n) is 12.9. The lowest BCUT2D eigenvalue weighted by Gasteiger charge is -2.15. The smallest absolute Gasteiger partial charge is 0.151 e. The second-order valence-corrected chi connectivity index (χ2v) is 6.85. The lowest BCUT2D eigenvalue weighted by molar-refractivity contribution is 0.253. The minimum absolute atomic E-state index is 0.0326. The Bertz CT molecular complexity index is 808. The number of aromatic amines is 1. The van der Waals surface area contributed by atoms with Crippen LogP contribution in [0.25, 0.3) is 11.0 Å². The number of thioether (sulfide) groups is 1. The summed E-state index contributed by atoms with van der Waals surface area (Å²) >= 11 is 7.55. The van der Waals surface area contributed by atoms with Gasteiger partial charge in [-0.2, -0.15) is 0 Å². The van der Waals surface area contributed by atoms with Crippen molar-refractivity contribution in [2.45, 2.75) is 17.5 Å². The Labute approximate surface area is 148 Å². The van der Waals surface area contributed by atoms with Crippen LogP contribution in [0.2, 0.25) is 5.02 Å². The van der Waals surface area contributed by atoms with Crippen LogP contribution in [0.4, 0.5) is 5.82 Å². The number of aliphatic hydroxyl groups excluding tert-OH is 1. The third-order valence-electron chi connectivity index (χ3n) is 3.64. The molecule has 0 spiro atoms. The largest absolute Gasteiger partial charge is 0.395 e. The zero-order valence-corrected chi connectivity index (χ0v) is 14.4. The molecule has 3 rings (SSSR count). The molecular formula is C16H18ClN5OS. The van der Waals surface area contributed by atoms with Gasteiger partial charge in [-0.1, -0.05) is 11.6 Å². The summed E-state index contributed by atoms with van der Waals surface area (Å²) in [5.74, 6) is 1.18. The topological polar surface area (TPSA) is 99.8 Å². The van der Waals surface area contributed by atoms with E-state index in [1.807, 2.05) is 30.5 Å². The number of nitrogens with zero attached hydrogens (tertiary/aromatic N) is 2. The third-order valence-corrected chi connectivity index (χ3v) is 5.06. The molecule has 6 nitrogen and oxygen atoms in total. The minimum Gasteiger partial charge on any atom is -0.395 e. The molecule has 0 saturated carbocycles. The lowest BCUT2D eigenvalue weighted by Crippen LogP contribution is -2.34. The summed E-state index contributed by atoms with van der Waals surface area (Å²) in [6.45, 7) is 0.642. The summed E-state index contributed by atoms with van der Waals surface area (Å²) in [7, 11) is 0. The van der Waals surface area contributed by atoms with Gasteiger partial charge in [-0.15, -0.1) is 11.8 Å². The summed E-state index contributed by atoms with van der Waals surface area (Å²) in [5, 5.41) is 13.6. The lowest BCUT2D eigenvalue weighted by atomic mass is 10.2. The Morgan fingerprint density at radius 3 is 2.83 bits per heavy atom. The predicted molar refractivity (Wildman–Crippen MR) is 98.2 cm³/mol. The molecule has 0 unspecified atom stereocenters. The van der Waals surface area contributed by atoms with E-state index in [1.54, 1.807) is 11.8 Å². The summed E-state index contributed by atoms with van der Waals surface area (Å²) in [6, 6.07) is 7.64. The van der Waals surface area contributed by atoms with Crippen molar-refractivity contribution in [1.29, 1.82) is 0 Å². The van der Waals surface area contributed by atoms with Gasteiger partial charge >= 0.3 is 0 Å². The number of halogens is 1. The number of rotatable bonds is 7. The van der Waals surface area contributed by atoms with E-state index in [4.69, 9.17) is 17.3 Å². The number of aromatic nitrogens is 3. The van der Waals surface area contributed by atoms with Gasteiger partial charge < -0.3 is 21.1 Å². The highest BCUT2D eigenvalue weighted by atomic mass is 35.5. The molecule has 0 amide bonds. The van der Waals surface area contributed by atoms with Crippen LogP contribution < -0.4 is 11.1 Å². The van der Waals surface area contributed by atoms with Gasteiger partial charge in [0.1, 0.15) is 11.8 Å². The second kappa shape index (κ2) is 7.85. The van der Waals surface area contributed by atoms with E-state index >= 15 is 0 Å². The average molecular weight is 364 g/mol. The van der Waals surface area contributed by atoms with E-state index < -0.39 is 0 Å². The molecule has 0 fully saturated rings. The highest BCUT2D eigenvalue weighted by Gasteiger charge is 2.12. The molecule has 3 aromatic rings. The van der Waals surface area contributed by atoms with E-state index in [2.05, 4.69) is 20.3 Å². The molecule has 2 aromatic heterocycles. The number of hydrogen-bond donors (Lipinski definition) is 4. The fourth-order valence-electron chi connectivity index (χ4n) is 2.31. The van der Waals surface area contributed by atoms with Crippen LogP contribution in [0.15, 0.2) is 41.7 Å². The van der Waals surface area contributed by atoms with Crippen LogP contribution in [-0.2, 0) is 6.54 Å². The van der Waals surface area contributed by atoms with E-state index in [0.29, 0.717) is 12.4 Å². The van der Waals surface area contributed by atoms with Crippen molar-refractivity contribution in [1.82, 2.24) is 20.3 Å². The van der Waals surface area contributed by atoms with Crippen molar-refractivity contribution in [3.8, 4) is 0 Å². The van der Waals surface area contributed by atoms with Crippen molar-refractivity contribution in [2.75, 3.05) is 18.1 Å². The first-order valence-corrected chi connectivity index (χ1v) is 8.82. The van der Waals surface area contributed by atoms with Crippen molar-refractivity contribution >= 4 is 40.2 Å². The summed E-state index contributed by atoms with van der Waals surface area (Å²) in [4.78, 5) is 12.4. The number of aliphatic hydroxyl groups is 1. The molecule has 0 aliphatic rings. The Balaban J connectivity index is 1.59. The van der Waals surface area contributed by atoms with Gasteiger partial charge in [-0.3, -0.25) is 0 Å². The molecule has 0 bridgehead atoms. The van der Waals surface area contributed by atoms with Crippen molar-refractivity contribution < 1.29 is 5.11 Å². The van der Waals surface area contributed by atoms with Crippen LogP contribution in [0.1, 0.15) is 5.56 Å². The highest BCUT2D eigenvalue weighted by Crippen LogP contribution is 2.22. The van der Waals surface area contributed by atoms with Crippen molar-refractivity contribution in [3.63, 3.8) is 0 Å². The SMILES string of the molecule is Nc1ncnc2c(CN[C@H](CO)CSc3ccc(Cl)cc3)c[nH]c12. The van der Waals surface area contributed by atoms with Crippen molar-refractivity contribution in [3.05, 3.63) is 47.4 Å². The number of H-pyrrole nitrogens is 1. The van der Waals surface area contributed by atoms with Crippen LogP contribution >= 0.6 is 23.4 Å². The maximum Gasteiger partial charge on any atom is 0.151 e. The van der Waals surface area contributed by atoms with Gasteiger partial charge in [0.2, 0.25) is 0 Å². The van der Waals surface area contributed by atoms with Gasteiger partial charge in [0.05, 0.1) is 12.1 Å². The van der Waals surface area contributed by atoms with Gasteiger partial charge in [-0.25, -0.2) is 9.97 Å². The molecule has 0 aliphatic heterocycles. The molecule has 0 radical (unpaired) electrons. The number of hydrogen-bond acceptors (Lipinski definition) is 6. The van der Waals surface area contributed by atoms with E-state index in [0.717, 1.165) is 32.3 Å². The number of nitrogens with two attached hydrogens (primary N) is 1. The summed E-state index contributed by atoms with van der Waals surface area (Å²) in [6.07, 6.45) is 3.32. The summed E-state index contributed by atoms with van der Waals surface area (Å²) in [5.41, 5.74) is 8.36. The van der Waals surface area contributed by atoms with Gasteiger partial charge in [0, 0.05) is 40.0 Å². The minimum atomic E-state index is -0.0326. The van der Waals surface area contributed by atoms with Gasteiger partial charge in [0.25, 0.3) is 0 Å². The van der Waals surface area contributed by atoms with Crippen LogP contribution in [-0.4, -0.2) is 38.5 Å². The highest BCUT2D eigenvalue weighted by molar-refractivity contribution is 7.99. The molecule has 2 heterocycles. The Hall–Kier alpha value is -1.80. The molecule has 24 heavy (non-hydrogen) atoms. The Morgan fingerprint density at radius 2 is 2.08 bits per heavy atom. The fraction of sp³-hybridized carbons (Fsp3) is 0.250. The standard InChI is InChI=1S/C16H18ClN5OS/c17-11-1-3-13(4-2-11)24-8-12(7-23)19-5-10-6-20-15-14(10)21-9-22-16(15)18/h1-4,6,9,12,19-20,23H,5,7-8H2,(H2,18,21,22)/t12-/m1/s1. The number of fused-ring (bicyclic) bond motifs is 1. The molecule has 0 aliphatic carbocycles.